The van der Waals surface area contributed by atoms with Crippen LogP contribution in [0.2, 0.25) is 0 Å². The Bertz CT molecular complexity index is 772. The van der Waals surface area contributed by atoms with E-state index < -0.39 is 0 Å². The van der Waals surface area contributed by atoms with Gasteiger partial charge in [0.1, 0.15) is 11.5 Å². The monoisotopic (exact) mass is 319 g/mol. The zero-order valence-corrected chi connectivity index (χ0v) is 13.4. The molecule has 0 saturated heterocycles. The first kappa shape index (κ1) is 16.1. The van der Waals surface area contributed by atoms with Crippen LogP contribution >= 0.6 is 0 Å². The van der Waals surface area contributed by atoms with E-state index in [9.17, 15) is 10.2 Å². The molecule has 0 saturated carbocycles. The van der Waals surface area contributed by atoms with Crippen molar-refractivity contribution in [1.82, 2.24) is 5.32 Å². The van der Waals surface area contributed by atoms with E-state index in [2.05, 4.69) is 29.6 Å². The number of nitrogens with one attached hydrogen (secondary N) is 1. The molecule has 0 aliphatic carbocycles. The van der Waals surface area contributed by atoms with Crippen molar-refractivity contribution in [3.05, 3.63) is 95.6 Å². The van der Waals surface area contributed by atoms with Crippen LogP contribution in [-0.2, 0) is 13.0 Å². The average molecular weight is 319 g/mol. The maximum Gasteiger partial charge on any atom is 0.124 e. The largest absolute Gasteiger partial charge is 0.508 e. The molecule has 3 heteroatoms. The maximum atomic E-state index is 10.2. The smallest absolute Gasteiger partial charge is 0.124 e. The standard InChI is InChI=1S/C21H21NO2/c23-18-11-12-19(21(24)14-18)20(13-16-7-3-1-4-8-16)22-15-17-9-5-2-6-10-17/h1-12,14,20,22-24H,13,15H2. The Hall–Kier alpha value is -2.78. The summed E-state index contributed by atoms with van der Waals surface area (Å²) in [7, 11) is 0. The van der Waals surface area contributed by atoms with Crippen LogP contribution in [0, 0.1) is 0 Å². The van der Waals surface area contributed by atoms with E-state index in [0.29, 0.717) is 6.54 Å². The molecule has 0 aliphatic heterocycles. The van der Waals surface area contributed by atoms with Gasteiger partial charge in [-0.15, -0.1) is 0 Å². The van der Waals surface area contributed by atoms with Gasteiger partial charge in [-0.05, 0) is 23.6 Å². The molecule has 0 aromatic heterocycles. The lowest BCUT2D eigenvalue weighted by Gasteiger charge is -2.21. The van der Waals surface area contributed by atoms with Gasteiger partial charge in [0.2, 0.25) is 0 Å². The second-order valence-electron chi connectivity index (χ2n) is 5.85. The Balaban J connectivity index is 1.82. The van der Waals surface area contributed by atoms with Gasteiger partial charge in [0, 0.05) is 24.2 Å². The number of phenols is 2. The molecule has 3 N–H and O–H groups in total. The third-order valence-electron chi connectivity index (χ3n) is 4.07. The Morgan fingerprint density at radius 3 is 2.00 bits per heavy atom. The fraction of sp³-hybridized carbons (Fsp3) is 0.143. The van der Waals surface area contributed by atoms with Gasteiger partial charge in [-0.25, -0.2) is 0 Å². The summed E-state index contributed by atoms with van der Waals surface area (Å²) in [6.45, 7) is 0.707. The SMILES string of the molecule is Oc1ccc(C(Cc2ccccc2)NCc2ccccc2)c(O)c1. The number of hydrogen-bond donors (Lipinski definition) is 3. The van der Waals surface area contributed by atoms with E-state index in [1.165, 1.54) is 17.2 Å². The van der Waals surface area contributed by atoms with Gasteiger partial charge >= 0.3 is 0 Å². The summed E-state index contributed by atoms with van der Waals surface area (Å²) in [6.07, 6.45) is 0.756. The number of benzene rings is 3. The summed E-state index contributed by atoms with van der Waals surface area (Å²) in [5, 5.41) is 23.3. The van der Waals surface area contributed by atoms with Crippen molar-refractivity contribution in [2.45, 2.75) is 19.0 Å². The van der Waals surface area contributed by atoms with Gasteiger partial charge in [-0.2, -0.15) is 0 Å². The minimum absolute atomic E-state index is 0.0480. The van der Waals surface area contributed by atoms with Crippen molar-refractivity contribution < 1.29 is 10.2 Å². The lowest BCUT2D eigenvalue weighted by molar-refractivity contribution is 0.430. The van der Waals surface area contributed by atoms with Crippen LogP contribution in [0.5, 0.6) is 11.5 Å². The number of rotatable bonds is 6. The third-order valence-corrected chi connectivity index (χ3v) is 4.07. The van der Waals surface area contributed by atoms with Gasteiger partial charge in [0.25, 0.3) is 0 Å². The second-order valence-corrected chi connectivity index (χ2v) is 5.85. The van der Waals surface area contributed by atoms with E-state index in [-0.39, 0.29) is 17.5 Å². The van der Waals surface area contributed by atoms with E-state index in [1.807, 2.05) is 36.4 Å². The van der Waals surface area contributed by atoms with Crippen molar-refractivity contribution in [3.8, 4) is 11.5 Å². The molecule has 0 radical (unpaired) electrons. The molecular weight excluding hydrogens is 298 g/mol. The normalized spacial score (nSPS) is 12.0. The Morgan fingerprint density at radius 1 is 0.750 bits per heavy atom. The van der Waals surface area contributed by atoms with E-state index in [1.54, 1.807) is 12.1 Å². The summed E-state index contributed by atoms with van der Waals surface area (Å²) in [5.41, 5.74) is 3.16. The molecule has 1 atom stereocenters. The molecule has 3 rings (SSSR count). The van der Waals surface area contributed by atoms with E-state index in [0.717, 1.165) is 12.0 Å². The molecule has 24 heavy (non-hydrogen) atoms. The quantitative estimate of drug-likeness (QED) is 0.639. The van der Waals surface area contributed by atoms with Crippen LogP contribution in [0.15, 0.2) is 78.9 Å². The molecule has 3 aromatic carbocycles. The topological polar surface area (TPSA) is 52.5 Å². The Morgan fingerprint density at radius 2 is 1.38 bits per heavy atom. The van der Waals surface area contributed by atoms with Gasteiger partial charge < -0.3 is 15.5 Å². The van der Waals surface area contributed by atoms with Gasteiger partial charge in [0.05, 0.1) is 0 Å². The molecule has 0 spiro atoms. The highest BCUT2D eigenvalue weighted by Gasteiger charge is 2.16. The lowest BCUT2D eigenvalue weighted by Crippen LogP contribution is -2.23. The molecule has 0 aliphatic rings. The van der Waals surface area contributed by atoms with Gasteiger partial charge in [0.15, 0.2) is 0 Å². The highest BCUT2D eigenvalue weighted by Crippen LogP contribution is 2.30. The molecule has 3 aromatic rings. The van der Waals surface area contributed by atoms with Crippen molar-refractivity contribution in [2.75, 3.05) is 0 Å². The second kappa shape index (κ2) is 7.66. The molecule has 122 valence electrons. The highest BCUT2D eigenvalue weighted by atomic mass is 16.3. The zero-order valence-electron chi connectivity index (χ0n) is 13.4. The average Bonchev–Trinajstić information content (AvgIpc) is 2.61. The predicted molar refractivity (Wildman–Crippen MR) is 95.9 cm³/mol. The third kappa shape index (κ3) is 4.15. The number of hydrogen-bond acceptors (Lipinski definition) is 3. The molecule has 1 unspecified atom stereocenters. The molecule has 0 heterocycles. The Kier molecular flexibility index (Phi) is 5.14. The summed E-state index contributed by atoms with van der Waals surface area (Å²) in [6, 6.07) is 25.1. The van der Waals surface area contributed by atoms with E-state index in [4.69, 9.17) is 0 Å². The molecule has 3 nitrogen and oxygen atoms in total. The maximum absolute atomic E-state index is 10.2. The van der Waals surface area contributed by atoms with Crippen molar-refractivity contribution >= 4 is 0 Å². The fourth-order valence-electron chi connectivity index (χ4n) is 2.81. The first-order valence-corrected chi connectivity index (χ1v) is 8.05. The first-order valence-electron chi connectivity index (χ1n) is 8.05. The molecule has 0 amide bonds. The summed E-state index contributed by atoms with van der Waals surface area (Å²) >= 11 is 0. The molecule has 0 fully saturated rings. The number of aromatic hydroxyl groups is 2. The summed E-state index contributed by atoms with van der Waals surface area (Å²) < 4.78 is 0. The number of phenolic OH excluding ortho intramolecular Hbond substituents is 2. The minimum Gasteiger partial charge on any atom is -0.508 e. The molecule has 0 bridgehead atoms. The van der Waals surface area contributed by atoms with Crippen molar-refractivity contribution in [1.29, 1.82) is 0 Å². The van der Waals surface area contributed by atoms with Crippen LogP contribution in [-0.4, -0.2) is 10.2 Å². The zero-order chi connectivity index (χ0) is 16.8. The predicted octanol–water partition coefficient (Wildman–Crippen LogP) is 4.17. The van der Waals surface area contributed by atoms with Crippen molar-refractivity contribution in [3.63, 3.8) is 0 Å². The Labute approximate surface area is 142 Å². The van der Waals surface area contributed by atoms with Crippen LogP contribution < -0.4 is 5.32 Å². The highest BCUT2D eigenvalue weighted by molar-refractivity contribution is 5.41. The van der Waals surface area contributed by atoms with Crippen LogP contribution in [0.1, 0.15) is 22.7 Å². The molecular formula is C21H21NO2. The lowest BCUT2D eigenvalue weighted by atomic mass is 9.97. The summed E-state index contributed by atoms with van der Waals surface area (Å²) in [5.74, 6) is 0.175. The van der Waals surface area contributed by atoms with E-state index >= 15 is 0 Å². The summed E-state index contributed by atoms with van der Waals surface area (Å²) in [4.78, 5) is 0. The van der Waals surface area contributed by atoms with Gasteiger partial charge in [-0.3, -0.25) is 0 Å². The van der Waals surface area contributed by atoms with Crippen molar-refractivity contribution in [2.24, 2.45) is 0 Å². The van der Waals surface area contributed by atoms with Crippen LogP contribution in [0.25, 0.3) is 0 Å². The van der Waals surface area contributed by atoms with Crippen LogP contribution in [0.4, 0.5) is 0 Å². The first-order chi connectivity index (χ1) is 11.7. The van der Waals surface area contributed by atoms with Crippen LogP contribution in [0.3, 0.4) is 0 Å². The minimum atomic E-state index is -0.0480. The fourth-order valence-corrected chi connectivity index (χ4v) is 2.81. The van der Waals surface area contributed by atoms with Gasteiger partial charge in [-0.1, -0.05) is 66.7 Å².